The Labute approximate surface area is 165 Å². The monoisotopic (exact) mass is 421 g/mol. The second-order valence-corrected chi connectivity index (χ2v) is 8.38. The van der Waals surface area contributed by atoms with Gasteiger partial charge in [0.25, 0.3) is 0 Å². The molecule has 0 atom stereocenters. The molecule has 1 heterocycles. The minimum Gasteiger partial charge on any atom is -0.454 e. The van der Waals surface area contributed by atoms with Crippen LogP contribution < -0.4 is 4.72 Å². The van der Waals surface area contributed by atoms with Crippen LogP contribution in [-0.2, 0) is 21.4 Å². The van der Waals surface area contributed by atoms with Crippen molar-refractivity contribution >= 4 is 27.0 Å². The number of imidazole rings is 1. The highest BCUT2D eigenvalue weighted by molar-refractivity contribution is 7.89. The zero-order valence-corrected chi connectivity index (χ0v) is 15.9. The first-order valence-corrected chi connectivity index (χ1v) is 10.4. The van der Waals surface area contributed by atoms with Gasteiger partial charge in [-0.1, -0.05) is 18.2 Å². The number of hydrogen-bond donors (Lipinski definition) is 1. The summed E-state index contributed by atoms with van der Waals surface area (Å²) in [6, 6.07) is 11.7. The molecule has 1 aromatic heterocycles. The molecule has 7 nitrogen and oxygen atoms in total. The number of carbonyl (C=O) groups excluding carboxylic acids is 1. The molecule has 3 aromatic rings. The predicted octanol–water partition coefficient (Wildman–Crippen LogP) is 3.23. The normalized spacial score (nSPS) is 14.4. The van der Waals surface area contributed by atoms with Crippen LogP contribution in [-0.4, -0.2) is 30.0 Å². The highest BCUT2D eigenvalue weighted by Crippen LogP contribution is 2.24. The molecule has 0 radical (unpaired) electrons. The first-order valence-electron chi connectivity index (χ1n) is 8.89. The highest BCUT2D eigenvalue weighted by atomic mass is 32.2. The lowest BCUT2D eigenvalue weighted by atomic mass is 10.2. The molecule has 29 heavy (non-hydrogen) atoms. The summed E-state index contributed by atoms with van der Waals surface area (Å²) in [5.74, 6) is -0.935. The van der Waals surface area contributed by atoms with Crippen molar-refractivity contribution in [2.45, 2.75) is 36.9 Å². The van der Waals surface area contributed by atoms with Crippen LogP contribution in [0.4, 0.5) is 8.78 Å². The highest BCUT2D eigenvalue weighted by Gasteiger charge is 2.28. The van der Waals surface area contributed by atoms with Gasteiger partial charge in [-0.3, -0.25) is 4.57 Å². The predicted molar refractivity (Wildman–Crippen MR) is 99.9 cm³/mol. The van der Waals surface area contributed by atoms with Gasteiger partial charge in [-0.05, 0) is 43.2 Å². The number of sulfonamides is 1. The molecule has 0 bridgehead atoms. The molecule has 1 aliphatic rings. The van der Waals surface area contributed by atoms with Crippen molar-refractivity contribution < 1.29 is 26.7 Å². The van der Waals surface area contributed by atoms with E-state index in [1.165, 1.54) is 30.3 Å². The molecule has 2 aromatic carbocycles. The van der Waals surface area contributed by atoms with E-state index in [1.54, 1.807) is 18.2 Å². The fraction of sp³-hybridized carbons (Fsp3) is 0.263. The number of nitrogens with zero attached hydrogens (tertiary/aromatic N) is 2. The van der Waals surface area contributed by atoms with E-state index in [4.69, 9.17) is 4.74 Å². The van der Waals surface area contributed by atoms with Crippen molar-refractivity contribution in [1.82, 2.24) is 14.3 Å². The van der Waals surface area contributed by atoms with Gasteiger partial charge in [-0.2, -0.15) is 8.78 Å². The van der Waals surface area contributed by atoms with Crippen molar-refractivity contribution in [3.8, 4) is 0 Å². The van der Waals surface area contributed by atoms with Gasteiger partial charge in [-0.25, -0.2) is 22.9 Å². The Morgan fingerprint density at radius 3 is 2.69 bits per heavy atom. The Kier molecular flexibility index (Phi) is 5.05. The van der Waals surface area contributed by atoms with Crippen LogP contribution in [0.25, 0.3) is 11.0 Å². The molecule has 0 amide bonds. The molecule has 0 saturated heterocycles. The van der Waals surface area contributed by atoms with E-state index in [0.717, 1.165) is 12.8 Å². The summed E-state index contributed by atoms with van der Waals surface area (Å²) in [6.07, 6.45) is 1.57. The first-order chi connectivity index (χ1) is 13.8. The maximum atomic E-state index is 13.4. The van der Waals surface area contributed by atoms with Crippen LogP contribution in [0.15, 0.2) is 53.4 Å². The summed E-state index contributed by atoms with van der Waals surface area (Å²) in [6.45, 7) is -3.33. The van der Waals surface area contributed by atoms with Crippen LogP contribution in [0.1, 0.15) is 35.6 Å². The number of carbonyl (C=O) groups is 1. The lowest BCUT2D eigenvalue weighted by molar-refractivity contribution is 0.0387. The second kappa shape index (κ2) is 7.53. The number of para-hydroxylation sites is 2. The molecular formula is C19H17F2N3O4S. The Balaban J connectivity index is 1.53. The smallest absolute Gasteiger partial charge is 0.338 e. The standard InChI is InChI=1S/C19H17F2N3O4S/c20-19(21)24-16-7-2-1-6-15(16)22-17(24)11-28-18(25)12-4-3-5-14(10-12)29(26,27)23-13-8-9-13/h1-7,10,13,19,23H,8-9,11H2. The first kappa shape index (κ1) is 19.5. The third-order valence-corrected chi connectivity index (χ3v) is 5.99. The average Bonchev–Trinajstić information content (AvgIpc) is 3.41. The number of nitrogens with one attached hydrogen (secondary N) is 1. The zero-order valence-electron chi connectivity index (χ0n) is 15.1. The number of ether oxygens (including phenoxy) is 1. The van der Waals surface area contributed by atoms with Crippen molar-refractivity contribution in [1.29, 1.82) is 0 Å². The molecule has 0 unspecified atom stereocenters. The van der Waals surface area contributed by atoms with Crippen molar-refractivity contribution in [3.63, 3.8) is 0 Å². The Morgan fingerprint density at radius 2 is 1.97 bits per heavy atom. The summed E-state index contributed by atoms with van der Waals surface area (Å²) in [7, 11) is -3.73. The van der Waals surface area contributed by atoms with E-state index in [-0.39, 0.29) is 27.8 Å². The molecule has 152 valence electrons. The maximum Gasteiger partial charge on any atom is 0.338 e. The van der Waals surface area contributed by atoms with Gasteiger partial charge in [0.05, 0.1) is 21.5 Å². The summed E-state index contributed by atoms with van der Waals surface area (Å²) in [5.41, 5.74) is 0.592. The lowest BCUT2D eigenvalue weighted by Crippen LogP contribution is -2.25. The molecule has 4 rings (SSSR count). The fourth-order valence-corrected chi connectivity index (χ4v) is 4.26. The molecule has 1 N–H and O–H groups in total. The van der Waals surface area contributed by atoms with Gasteiger partial charge >= 0.3 is 12.5 Å². The van der Waals surface area contributed by atoms with Gasteiger partial charge in [0.2, 0.25) is 10.0 Å². The number of hydrogen-bond acceptors (Lipinski definition) is 5. The Hall–Kier alpha value is -2.85. The fourth-order valence-electron chi connectivity index (χ4n) is 2.91. The topological polar surface area (TPSA) is 90.3 Å². The van der Waals surface area contributed by atoms with Crippen LogP contribution >= 0.6 is 0 Å². The van der Waals surface area contributed by atoms with Gasteiger partial charge in [0.15, 0.2) is 5.82 Å². The van der Waals surface area contributed by atoms with Gasteiger partial charge < -0.3 is 4.74 Å². The number of alkyl halides is 2. The molecule has 1 fully saturated rings. The van der Waals surface area contributed by atoms with Crippen molar-refractivity contribution in [3.05, 3.63) is 59.9 Å². The number of halogens is 2. The third-order valence-electron chi connectivity index (χ3n) is 4.48. The Morgan fingerprint density at radius 1 is 1.21 bits per heavy atom. The van der Waals surface area contributed by atoms with Gasteiger partial charge in [-0.15, -0.1) is 0 Å². The SMILES string of the molecule is O=C(OCc1nc2ccccc2n1C(F)F)c1cccc(S(=O)(=O)NC2CC2)c1. The second-order valence-electron chi connectivity index (χ2n) is 6.66. The third kappa shape index (κ3) is 4.13. The minimum atomic E-state index is -3.73. The molecule has 1 aliphatic carbocycles. The molecular weight excluding hydrogens is 404 g/mol. The number of esters is 1. The molecule has 0 spiro atoms. The molecule has 10 heteroatoms. The number of rotatable bonds is 7. The summed E-state index contributed by atoms with van der Waals surface area (Å²) >= 11 is 0. The number of benzene rings is 2. The van der Waals surface area contributed by atoms with E-state index in [0.29, 0.717) is 10.1 Å². The summed E-state index contributed by atoms with van der Waals surface area (Å²) in [5, 5.41) is 0. The van der Waals surface area contributed by atoms with Crippen LogP contribution in [0.2, 0.25) is 0 Å². The minimum absolute atomic E-state index is 0.00313. The zero-order chi connectivity index (χ0) is 20.6. The van der Waals surface area contributed by atoms with E-state index >= 15 is 0 Å². The number of fused-ring (bicyclic) bond motifs is 1. The average molecular weight is 421 g/mol. The summed E-state index contributed by atoms with van der Waals surface area (Å²) in [4.78, 5) is 16.4. The van der Waals surface area contributed by atoms with E-state index in [2.05, 4.69) is 9.71 Å². The Bertz CT molecular complexity index is 1170. The van der Waals surface area contributed by atoms with Gasteiger partial charge in [0.1, 0.15) is 6.61 Å². The number of aromatic nitrogens is 2. The van der Waals surface area contributed by atoms with E-state index in [9.17, 15) is 22.0 Å². The maximum absolute atomic E-state index is 13.4. The van der Waals surface area contributed by atoms with Crippen LogP contribution in [0.3, 0.4) is 0 Å². The van der Waals surface area contributed by atoms with E-state index in [1.807, 2.05) is 0 Å². The largest absolute Gasteiger partial charge is 0.454 e. The summed E-state index contributed by atoms with van der Waals surface area (Å²) < 4.78 is 59.8. The van der Waals surface area contributed by atoms with Crippen LogP contribution in [0.5, 0.6) is 0 Å². The lowest BCUT2D eigenvalue weighted by Gasteiger charge is -2.10. The van der Waals surface area contributed by atoms with Crippen LogP contribution in [0, 0.1) is 0 Å². The van der Waals surface area contributed by atoms with Crippen molar-refractivity contribution in [2.24, 2.45) is 0 Å². The quantitative estimate of drug-likeness (QED) is 0.592. The van der Waals surface area contributed by atoms with Gasteiger partial charge in [0, 0.05) is 6.04 Å². The molecule has 1 saturated carbocycles. The molecule has 0 aliphatic heterocycles. The van der Waals surface area contributed by atoms with E-state index < -0.39 is 29.1 Å². The van der Waals surface area contributed by atoms with Crippen molar-refractivity contribution in [2.75, 3.05) is 0 Å².